The fraction of sp³-hybridized carbons (Fsp3) is 0. The molecule has 0 spiro atoms. The Balaban J connectivity index is 1.34. The summed E-state index contributed by atoms with van der Waals surface area (Å²) in [6.45, 7) is 0. The van der Waals surface area contributed by atoms with Gasteiger partial charge in [0.05, 0.1) is 0 Å². The quantitative estimate of drug-likeness (QED) is 0.143. The van der Waals surface area contributed by atoms with Gasteiger partial charge in [-0.25, -0.2) is 0 Å². The van der Waals surface area contributed by atoms with Gasteiger partial charge in [-0.05, 0) is 0 Å². The van der Waals surface area contributed by atoms with E-state index in [0.717, 1.165) is 55.9 Å². The van der Waals surface area contributed by atoms with Crippen molar-refractivity contribution in [1.29, 1.82) is 0 Å². The van der Waals surface area contributed by atoms with E-state index in [1.54, 1.807) is 0 Å². The molecule has 4 heteroatoms. The molecule has 286 valence electrons. The summed E-state index contributed by atoms with van der Waals surface area (Å²) in [4.78, 5) is 0. The first kappa shape index (κ1) is 36.6. The van der Waals surface area contributed by atoms with Crippen LogP contribution in [0.4, 0.5) is 0 Å². The molecule has 0 bridgehead atoms. The van der Waals surface area contributed by atoms with E-state index >= 15 is 0 Å². The van der Waals surface area contributed by atoms with Gasteiger partial charge >= 0.3 is 363 Å². The third-order valence-electron chi connectivity index (χ3n) is 11.6. The number of benzene rings is 9. The molecule has 0 fully saturated rings. The molecule has 0 aliphatic carbocycles. The van der Waals surface area contributed by atoms with Crippen molar-refractivity contribution in [2.75, 3.05) is 0 Å². The van der Waals surface area contributed by atoms with Crippen LogP contribution < -0.4 is 0 Å². The van der Waals surface area contributed by atoms with Crippen molar-refractivity contribution in [3.63, 3.8) is 0 Å². The second kappa shape index (κ2) is 15.9. The van der Waals surface area contributed by atoms with Crippen LogP contribution in [0.1, 0.15) is 0 Å². The van der Waals surface area contributed by atoms with Gasteiger partial charge in [-0.2, -0.15) is 0 Å². The summed E-state index contributed by atoms with van der Waals surface area (Å²) in [5, 5.41) is 17.0. The molecule has 0 saturated carbocycles. The molecule has 9 aromatic carbocycles. The van der Waals surface area contributed by atoms with Gasteiger partial charge in [-0.3, -0.25) is 0 Å². The maximum absolute atomic E-state index is 5.06. The summed E-state index contributed by atoms with van der Waals surface area (Å²) in [7, 11) is 0. The summed E-state index contributed by atoms with van der Waals surface area (Å²) in [5.74, 6) is 0. The maximum atomic E-state index is 5.06. The fourth-order valence-corrected chi connectivity index (χ4v) is 11.2. The fourth-order valence-electron chi connectivity index (χ4n) is 8.91. The van der Waals surface area contributed by atoms with Gasteiger partial charge in [0.1, 0.15) is 0 Å². The van der Waals surface area contributed by atoms with Crippen LogP contribution in [0.25, 0.3) is 109 Å². The van der Waals surface area contributed by atoms with Crippen molar-refractivity contribution >= 4 is 33.8 Å². The Morgan fingerprint density at radius 3 is 1.34 bits per heavy atom. The van der Waals surface area contributed by atoms with Crippen LogP contribution in [0.2, 0.25) is 0 Å². The Bertz CT molecular complexity index is 3340. The van der Waals surface area contributed by atoms with Crippen LogP contribution in [0, 0.1) is 0 Å². The number of hydrogen-bond donors (Lipinski definition) is 0. The first-order valence-corrected chi connectivity index (χ1v) is 22.2. The number of fused-ring (bicyclic) bond motifs is 3. The summed E-state index contributed by atoms with van der Waals surface area (Å²) >= 11 is 0.126. The SMILES string of the molecule is c1ccc(-c2ccccc2-c2cccc(-c3nnnc(-c4ccccc4)c3-c3ccccc3)c2-c2c(-c3ccccc3-c3ccccc3)ccc3[se]c4ccccc4c23)cc1. The minimum absolute atomic E-state index is 0.126. The van der Waals surface area contributed by atoms with E-state index in [4.69, 9.17) is 10.2 Å². The molecule has 2 aromatic heterocycles. The van der Waals surface area contributed by atoms with Gasteiger partial charge in [-0.1, -0.05) is 0 Å². The first-order chi connectivity index (χ1) is 30.3. The van der Waals surface area contributed by atoms with Gasteiger partial charge < -0.3 is 0 Å². The van der Waals surface area contributed by atoms with Crippen LogP contribution >= 0.6 is 0 Å². The molecule has 11 rings (SSSR count). The summed E-state index contributed by atoms with van der Waals surface area (Å²) in [6, 6.07) is 80.6. The van der Waals surface area contributed by atoms with Crippen molar-refractivity contribution in [3.05, 3.63) is 224 Å². The zero-order valence-corrected chi connectivity index (χ0v) is 34.8. The average Bonchev–Trinajstić information content (AvgIpc) is 3.73. The number of rotatable bonds is 8. The Morgan fingerprint density at radius 2 is 0.721 bits per heavy atom. The first-order valence-electron chi connectivity index (χ1n) is 20.5. The standard InChI is InChI=1S/C57H37N3Se/c1-5-20-38(21-6-1)42-28-13-15-30-44(42)46-33-19-34-49(57-52(40-24-9-3-10-25-40)56(58-60-59-57)41-26-11-4-12-27-41)53(46)55-47(36-37-51-54(55)48-32-17-18-35-50(48)61-51)45-31-16-14-29-43(45)39-22-7-2-8-23-39/h1-37H. The van der Waals surface area contributed by atoms with Crippen molar-refractivity contribution in [3.8, 4) is 89.3 Å². The van der Waals surface area contributed by atoms with Gasteiger partial charge in [0, 0.05) is 0 Å². The topological polar surface area (TPSA) is 38.7 Å². The summed E-state index contributed by atoms with van der Waals surface area (Å²) in [5.41, 5.74) is 17.1. The molecule has 0 unspecified atom stereocenters. The third kappa shape index (κ3) is 6.60. The van der Waals surface area contributed by atoms with E-state index < -0.39 is 0 Å². The predicted molar refractivity (Wildman–Crippen MR) is 255 cm³/mol. The second-order valence-corrected chi connectivity index (χ2v) is 17.4. The van der Waals surface area contributed by atoms with Crippen molar-refractivity contribution in [2.24, 2.45) is 0 Å². The summed E-state index contributed by atoms with van der Waals surface area (Å²) in [6.07, 6.45) is 0. The van der Waals surface area contributed by atoms with Gasteiger partial charge in [0.15, 0.2) is 0 Å². The number of aromatic nitrogens is 3. The van der Waals surface area contributed by atoms with E-state index in [1.165, 1.54) is 52.7 Å². The van der Waals surface area contributed by atoms with Crippen LogP contribution in [0.5, 0.6) is 0 Å². The van der Waals surface area contributed by atoms with Crippen LogP contribution in [-0.4, -0.2) is 29.9 Å². The predicted octanol–water partition coefficient (Wildman–Crippen LogP) is 14.6. The molecular weight excluding hydrogens is 806 g/mol. The van der Waals surface area contributed by atoms with E-state index in [2.05, 4.69) is 224 Å². The monoisotopic (exact) mass is 843 g/mol. The molecule has 0 N–H and O–H groups in total. The van der Waals surface area contributed by atoms with Crippen molar-refractivity contribution in [1.82, 2.24) is 15.4 Å². The molecule has 0 saturated heterocycles. The number of hydrogen-bond acceptors (Lipinski definition) is 3. The molecule has 11 aromatic rings. The van der Waals surface area contributed by atoms with Gasteiger partial charge in [0.2, 0.25) is 0 Å². The van der Waals surface area contributed by atoms with Crippen LogP contribution in [0.3, 0.4) is 0 Å². The Kier molecular flexibility index (Phi) is 9.55. The molecule has 3 nitrogen and oxygen atoms in total. The third-order valence-corrected chi connectivity index (χ3v) is 14.0. The Hall–Kier alpha value is -7.49. The second-order valence-electron chi connectivity index (χ2n) is 15.1. The molecular formula is C57H37N3Se. The average molecular weight is 843 g/mol. The van der Waals surface area contributed by atoms with Crippen LogP contribution in [0.15, 0.2) is 224 Å². The van der Waals surface area contributed by atoms with E-state index in [-0.39, 0.29) is 14.5 Å². The van der Waals surface area contributed by atoms with E-state index in [0.29, 0.717) is 0 Å². The zero-order valence-electron chi connectivity index (χ0n) is 33.1. The molecule has 0 aliphatic heterocycles. The zero-order chi connectivity index (χ0) is 40.5. The number of nitrogens with zero attached hydrogens (tertiary/aromatic N) is 3. The Labute approximate surface area is 361 Å². The van der Waals surface area contributed by atoms with Gasteiger partial charge in [0.25, 0.3) is 0 Å². The van der Waals surface area contributed by atoms with E-state index in [9.17, 15) is 0 Å². The molecule has 0 aliphatic rings. The summed E-state index contributed by atoms with van der Waals surface area (Å²) < 4.78 is 2.76. The normalized spacial score (nSPS) is 11.3. The van der Waals surface area contributed by atoms with Crippen molar-refractivity contribution in [2.45, 2.75) is 0 Å². The molecule has 0 atom stereocenters. The molecule has 0 amide bonds. The molecule has 2 heterocycles. The van der Waals surface area contributed by atoms with Crippen molar-refractivity contribution < 1.29 is 0 Å². The molecule has 61 heavy (non-hydrogen) atoms. The van der Waals surface area contributed by atoms with E-state index in [1.807, 2.05) is 6.07 Å². The minimum atomic E-state index is 0.126. The Morgan fingerprint density at radius 1 is 0.262 bits per heavy atom. The van der Waals surface area contributed by atoms with Crippen LogP contribution in [-0.2, 0) is 0 Å². The van der Waals surface area contributed by atoms with Gasteiger partial charge in [-0.15, -0.1) is 0 Å². The molecule has 0 radical (unpaired) electrons.